The molecule has 0 saturated carbocycles. The van der Waals surface area contributed by atoms with Crippen LogP contribution in [0.2, 0.25) is 0 Å². The lowest BCUT2D eigenvalue weighted by molar-refractivity contribution is -0.116. The lowest BCUT2D eigenvalue weighted by Crippen LogP contribution is -2.30. The van der Waals surface area contributed by atoms with Crippen molar-refractivity contribution in [3.05, 3.63) is 59.2 Å². The summed E-state index contributed by atoms with van der Waals surface area (Å²) in [5.41, 5.74) is 4.57. The Morgan fingerprint density at radius 2 is 1.88 bits per heavy atom. The second kappa shape index (κ2) is 8.07. The van der Waals surface area contributed by atoms with Gasteiger partial charge in [-0.3, -0.25) is 4.79 Å². The number of carbonyl (C=O) groups excluding carboxylic acids is 1. The minimum Gasteiger partial charge on any atom is -0.611 e. The molecule has 25 heavy (non-hydrogen) atoms. The summed E-state index contributed by atoms with van der Waals surface area (Å²) in [4.78, 5) is 15.0. The predicted molar refractivity (Wildman–Crippen MR) is 103 cm³/mol. The van der Waals surface area contributed by atoms with Crippen molar-refractivity contribution in [2.24, 2.45) is 0 Å². The molecule has 1 atom stereocenters. The lowest BCUT2D eigenvalue weighted by atomic mass is 9.95. The number of rotatable bonds is 4. The second-order valence-corrected chi connectivity index (χ2v) is 8.14. The highest BCUT2D eigenvalue weighted by atomic mass is 32.2. The van der Waals surface area contributed by atoms with Gasteiger partial charge in [0.2, 0.25) is 5.91 Å². The highest BCUT2D eigenvalue weighted by molar-refractivity contribution is 7.91. The highest BCUT2D eigenvalue weighted by Gasteiger charge is 2.21. The summed E-state index contributed by atoms with van der Waals surface area (Å²) in [7, 11) is 0. The maximum absolute atomic E-state index is 12.5. The zero-order chi connectivity index (χ0) is 17.8. The van der Waals surface area contributed by atoms with Gasteiger partial charge in [0.15, 0.2) is 4.90 Å². The van der Waals surface area contributed by atoms with Gasteiger partial charge in [-0.2, -0.15) is 0 Å². The van der Waals surface area contributed by atoms with Crippen molar-refractivity contribution in [3.8, 4) is 0 Å². The van der Waals surface area contributed by atoms with E-state index in [0.717, 1.165) is 47.6 Å². The van der Waals surface area contributed by atoms with E-state index < -0.39 is 11.2 Å². The van der Waals surface area contributed by atoms with Crippen molar-refractivity contribution >= 4 is 22.8 Å². The third-order valence-corrected chi connectivity index (χ3v) is 6.22. The average Bonchev–Trinajstić information content (AvgIpc) is 2.61. The zero-order valence-electron chi connectivity index (χ0n) is 15.0. The van der Waals surface area contributed by atoms with Gasteiger partial charge in [-0.15, -0.1) is 0 Å². The number of hydrogen-bond donors (Lipinski definition) is 0. The molecule has 1 amide bonds. The van der Waals surface area contributed by atoms with Gasteiger partial charge in [-0.25, -0.2) is 0 Å². The van der Waals surface area contributed by atoms with Crippen molar-refractivity contribution in [2.45, 2.75) is 51.0 Å². The van der Waals surface area contributed by atoms with Crippen molar-refractivity contribution in [2.75, 3.05) is 10.7 Å². The smallest absolute Gasteiger partial charge is 0.224 e. The average molecular weight is 356 g/mol. The number of para-hydroxylation sites is 1. The molecule has 1 heterocycles. The van der Waals surface area contributed by atoms with E-state index in [1.54, 1.807) is 6.92 Å². The molecule has 132 valence electrons. The van der Waals surface area contributed by atoms with E-state index in [0.29, 0.717) is 6.54 Å². The molecule has 4 heteroatoms. The van der Waals surface area contributed by atoms with Crippen LogP contribution in [0.15, 0.2) is 47.4 Å². The Labute approximate surface area is 153 Å². The third kappa shape index (κ3) is 4.07. The van der Waals surface area contributed by atoms with Gasteiger partial charge in [0.05, 0.1) is 6.54 Å². The molecular formula is C21H25NO2S. The molecule has 0 bridgehead atoms. The fourth-order valence-corrected chi connectivity index (χ4v) is 4.60. The number of aryl methyl sites for hydroxylation is 2. The first kappa shape index (κ1) is 18.0. The molecule has 0 fully saturated rings. The van der Waals surface area contributed by atoms with E-state index in [-0.39, 0.29) is 5.91 Å². The van der Waals surface area contributed by atoms with Gasteiger partial charge in [-0.05, 0) is 65.3 Å². The van der Waals surface area contributed by atoms with E-state index in [1.807, 2.05) is 29.2 Å². The van der Waals surface area contributed by atoms with Crippen LogP contribution in [0.4, 0.5) is 5.69 Å². The summed E-state index contributed by atoms with van der Waals surface area (Å²) in [5, 5.41) is 0. The summed E-state index contributed by atoms with van der Waals surface area (Å²) in [6.07, 6.45) is 3.84. The number of anilines is 1. The second-order valence-electron chi connectivity index (χ2n) is 6.57. The molecule has 0 saturated heterocycles. The first-order valence-corrected chi connectivity index (χ1v) is 10.3. The summed E-state index contributed by atoms with van der Waals surface area (Å²) >= 11 is -0.935. The van der Waals surface area contributed by atoms with Crippen LogP contribution in [0, 0.1) is 0 Å². The molecule has 0 N–H and O–H groups in total. The first-order valence-electron chi connectivity index (χ1n) is 8.96. The Bertz CT molecular complexity index is 759. The molecule has 1 unspecified atom stereocenters. The maximum atomic E-state index is 12.5. The molecule has 1 aliphatic heterocycles. The monoisotopic (exact) mass is 355 g/mol. The first-order chi connectivity index (χ1) is 12.1. The van der Waals surface area contributed by atoms with Crippen LogP contribution < -0.4 is 4.90 Å². The standard InChI is InChI=1S/C21H25NO2S/c1-3-4-13-25(24)20-12-11-19-15-22(16(2)23)21-8-6-5-7-17(21)9-10-18(19)14-20/h5-8,11-12,14H,3-4,9-10,13,15H2,1-2H3. The summed E-state index contributed by atoms with van der Waals surface area (Å²) in [5.74, 6) is 0.772. The SMILES string of the molecule is CCCC[S+]([O-])c1ccc2c(c1)CCc1ccccc1N(C(C)=O)C2. The van der Waals surface area contributed by atoms with Crippen LogP contribution >= 0.6 is 0 Å². The van der Waals surface area contributed by atoms with Crippen molar-refractivity contribution in [1.29, 1.82) is 0 Å². The Balaban J connectivity index is 1.93. The van der Waals surface area contributed by atoms with Crippen molar-refractivity contribution in [1.82, 2.24) is 0 Å². The fraction of sp³-hybridized carbons (Fsp3) is 0.381. The fourth-order valence-electron chi connectivity index (χ4n) is 3.32. The van der Waals surface area contributed by atoms with E-state index >= 15 is 0 Å². The molecule has 0 aliphatic carbocycles. The van der Waals surface area contributed by atoms with Gasteiger partial charge in [-0.1, -0.05) is 37.6 Å². The van der Waals surface area contributed by atoms with Crippen LogP contribution in [0.5, 0.6) is 0 Å². The number of fused-ring (bicyclic) bond motifs is 2. The number of nitrogens with zero attached hydrogens (tertiary/aromatic N) is 1. The number of unbranched alkanes of at least 4 members (excludes halogenated alkanes) is 1. The molecule has 1 aliphatic rings. The summed E-state index contributed by atoms with van der Waals surface area (Å²) < 4.78 is 12.5. The molecule has 2 aromatic rings. The van der Waals surface area contributed by atoms with Gasteiger partial charge >= 0.3 is 0 Å². The Hall–Kier alpha value is -1.78. The molecule has 2 aromatic carbocycles. The van der Waals surface area contributed by atoms with Crippen LogP contribution in [-0.4, -0.2) is 16.2 Å². The topological polar surface area (TPSA) is 43.4 Å². The minimum atomic E-state index is -0.935. The van der Waals surface area contributed by atoms with Gasteiger partial charge in [0.25, 0.3) is 0 Å². The highest BCUT2D eigenvalue weighted by Crippen LogP contribution is 2.29. The van der Waals surface area contributed by atoms with Crippen LogP contribution in [0.3, 0.4) is 0 Å². The third-order valence-electron chi connectivity index (χ3n) is 4.78. The number of carbonyl (C=O) groups is 1. The van der Waals surface area contributed by atoms with Gasteiger partial charge < -0.3 is 9.45 Å². The molecule has 0 aromatic heterocycles. The lowest BCUT2D eigenvalue weighted by Gasteiger charge is -2.28. The predicted octanol–water partition coefficient (Wildman–Crippen LogP) is 4.25. The quantitative estimate of drug-likeness (QED) is 0.770. The van der Waals surface area contributed by atoms with Crippen molar-refractivity contribution < 1.29 is 9.35 Å². The molecular weight excluding hydrogens is 330 g/mol. The summed E-state index contributed by atoms with van der Waals surface area (Å²) in [6, 6.07) is 14.2. The number of amides is 1. The van der Waals surface area contributed by atoms with E-state index in [1.165, 1.54) is 11.1 Å². The molecule has 3 nitrogen and oxygen atoms in total. The Morgan fingerprint density at radius 1 is 1.12 bits per heavy atom. The van der Waals surface area contributed by atoms with Crippen LogP contribution in [0.25, 0.3) is 0 Å². The van der Waals surface area contributed by atoms with Crippen LogP contribution in [0.1, 0.15) is 43.4 Å². The van der Waals surface area contributed by atoms with Gasteiger partial charge in [0, 0.05) is 12.6 Å². The Morgan fingerprint density at radius 3 is 2.64 bits per heavy atom. The minimum absolute atomic E-state index is 0.0518. The van der Waals surface area contributed by atoms with Crippen molar-refractivity contribution in [3.63, 3.8) is 0 Å². The molecule has 3 rings (SSSR count). The van der Waals surface area contributed by atoms with Gasteiger partial charge in [0.1, 0.15) is 5.75 Å². The number of hydrogen-bond acceptors (Lipinski definition) is 2. The van der Waals surface area contributed by atoms with Crippen LogP contribution in [-0.2, 0) is 35.4 Å². The molecule has 0 spiro atoms. The number of benzene rings is 2. The largest absolute Gasteiger partial charge is 0.611 e. The Kier molecular flexibility index (Phi) is 5.82. The van der Waals surface area contributed by atoms with E-state index in [2.05, 4.69) is 25.1 Å². The van der Waals surface area contributed by atoms with E-state index in [4.69, 9.17) is 0 Å². The molecule has 0 radical (unpaired) electrons. The maximum Gasteiger partial charge on any atom is 0.224 e. The summed E-state index contributed by atoms with van der Waals surface area (Å²) in [6.45, 7) is 4.31. The zero-order valence-corrected chi connectivity index (χ0v) is 15.8. The van der Waals surface area contributed by atoms with E-state index in [9.17, 15) is 9.35 Å². The normalized spacial score (nSPS) is 14.9.